The third-order valence-corrected chi connectivity index (χ3v) is 3.90. The number of rotatable bonds is 4. The Morgan fingerprint density at radius 1 is 1.42 bits per heavy atom. The molecular weight excluding hydrogens is 262 g/mol. The van der Waals surface area contributed by atoms with Crippen molar-refractivity contribution in [3.63, 3.8) is 0 Å². The van der Waals surface area contributed by atoms with E-state index in [1.807, 2.05) is 31.2 Å². The smallest absolute Gasteiger partial charge is 0.316 e. The number of carbonyl (C=O) groups is 1. The monoisotopic (exact) mass is 277 g/mol. The summed E-state index contributed by atoms with van der Waals surface area (Å²) < 4.78 is 5.21. The fourth-order valence-corrected chi connectivity index (χ4v) is 2.78. The summed E-state index contributed by atoms with van der Waals surface area (Å²) >= 11 is 1.32. The number of aryl methyl sites for hydroxylation is 1. The highest BCUT2D eigenvalue weighted by Gasteiger charge is 2.15. The summed E-state index contributed by atoms with van der Waals surface area (Å²) in [5.41, 5.74) is 1.72. The first kappa shape index (κ1) is 13.7. The number of aliphatic carboxylic acids is 1. The lowest BCUT2D eigenvalue weighted by atomic mass is 10.2. The molecule has 0 unspecified atom stereocenters. The molecule has 1 aromatic heterocycles. The van der Waals surface area contributed by atoms with Crippen molar-refractivity contribution in [2.75, 3.05) is 7.11 Å². The van der Waals surface area contributed by atoms with Crippen LogP contribution in [0, 0.1) is 6.92 Å². The molecule has 0 spiro atoms. The van der Waals surface area contributed by atoms with Gasteiger partial charge < -0.3 is 9.84 Å². The number of carboxylic acid groups (broad SMARTS) is 1. The molecule has 5 heteroatoms. The van der Waals surface area contributed by atoms with Gasteiger partial charge in [0.15, 0.2) is 0 Å². The Morgan fingerprint density at radius 3 is 2.79 bits per heavy atom. The molecule has 0 saturated heterocycles. The maximum absolute atomic E-state index is 11.0. The van der Waals surface area contributed by atoms with Crippen LogP contribution in [0.2, 0.25) is 0 Å². The van der Waals surface area contributed by atoms with Gasteiger partial charge in [0.25, 0.3) is 0 Å². The Kier molecular flexibility index (Phi) is 3.95. The summed E-state index contributed by atoms with van der Waals surface area (Å²) in [6, 6.07) is 7.53. The minimum atomic E-state index is -0.824. The van der Waals surface area contributed by atoms with Gasteiger partial charge in [-0.2, -0.15) is 0 Å². The van der Waals surface area contributed by atoms with Gasteiger partial charge in [-0.3, -0.25) is 9.78 Å². The van der Waals surface area contributed by atoms with Crippen molar-refractivity contribution < 1.29 is 14.6 Å². The second kappa shape index (κ2) is 5.48. The zero-order valence-electron chi connectivity index (χ0n) is 11.0. The van der Waals surface area contributed by atoms with Crippen LogP contribution in [0.15, 0.2) is 29.2 Å². The second-order valence-electron chi connectivity index (χ2n) is 4.24. The molecule has 0 amide bonds. The lowest BCUT2D eigenvalue weighted by molar-refractivity contribution is -0.136. The number of nitrogens with zero attached hydrogens (tertiary/aromatic N) is 1. The predicted molar refractivity (Wildman–Crippen MR) is 76.0 cm³/mol. The molecule has 0 aliphatic carbocycles. The fraction of sp³-hybridized carbons (Fsp3) is 0.286. The van der Waals surface area contributed by atoms with E-state index in [4.69, 9.17) is 9.84 Å². The van der Waals surface area contributed by atoms with Crippen LogP contribution in [-0.4, -0.2) is 28.4 Å². The van der Waals surface area contributed by atoms with Gasteiger partial charge in [0.05, 0.1) is 12.6 Å². The number of benzene rings is 1. The maximum Gasteiger partial charge on any atom is 0.316 e. The molecule has 2 rings (SSSR count). The largest absolute Gasteiger partial charge is 0.497 e. The van der Waals surface area contributed by atoms with E-state index >= 15 is 0 Å². The molecule has 0 aliphatic heterocycles. The number of fused-ring (bicyclic) bond motifs is 1. The van der Waals surface area contributed by atoms with Crippen molar-refractivity contribution in [3.8, 4) is 5.75 Å². The molecule has 1 N–H and O–H groups in total. The van der Waals surface area contributed by atoms with Crippen LogP contribution in [0.5, 0.6) is 5.75 Å². The highest BCUT2D eigenvalue weighted by Crippen LogP contribution is 2.32. The van der Waals surface area contributed by atoms with Crippen LogP contribution in [-0.2, 0) is 4.79 Å². The van der Waals surface area contributed by atoms with Crippen LogP contribution in [0.25, 0.3) is 10.9 Å². The third kappa shape index (κ3) is 2.98. The molecule has 4 nitrogen and oxygen atoms in total. The molecule has 0 aliphatic rings. The Balaban J connectivity index is 2.53. The van der Waals surface area contributed by atoms with Gasteiger partial charge in [0.1, 0.15) is 11.0 Å². The minimum Gasteiger partial charge on any atom is -0.497 e. The summed E-state index contributed by atoms with van der Waals surface area (Å²) in [4.78, 5) is 16.3. The molecule has 0 bridgehead atoms. The second-order valence-corrected chi connectivity index (χ2v) is 5.63. The Bertz CT molecular complexity index is 627. The Labute approximate surface area is 115 Å². The third-order valence-electron chi connectivity index (χ3n) is 2.76. The van der Waals surface area contributed by atoms with E-state index in [2.05, 4.69) is 4.98 Å². The van der Waals surface area contributed by atoms with E-state index in [-0.39, 0.29) is 0 Å². The number of methoxy groups -OCH3 is 1. The molecule has 0 fully saturated rings. The molecule has 1 heterocycles. The van der Waals surface area contributed by atoms with Crippen molar-refractivity contribution in [2.45, 2.75) is 24.0 Å². The van der Waals surface area contributed by atoms with Crippen molar-refractivity contribution in [1.29, 1.82) is 0 Å². The predicted octanol–water partition coefficient (Wildman–Crippen LogP) is 3.12. The van der Waals surface area contributed by atoms with Crippen LogP contribution in [0.3, 0.4) is 0 Å². The number of pyridine rings is 1. The molecule has 0 radical (unpaired) electrons. The summed E-state index contributed by atoms with van der Waals surface area (Å²) in [7, 11) is 1.61. The Hall–Kier alpha value is -1.75. The fourth-order valence-electron chi connectivity index (χ4n) is 1.77. The topological polar surface area (TPSA) is 59.4 Å². The van der Waals surface area contributed by atoms with E-state index < -0.39 is 11.2 Å². The van der Waals surface area contributed by atoms with Crippen LogP contribution >= 0.6 is 11.8 Å². The molecule has 2 aromatic rings. The van der Waals surface area contributed by atoms with Crippen molar-refractivity contribution in [1.82, 2.24) is 4.98 Å². The zero-order valence-corrected chi connectivity index (χ0v) is 11.8. The summed E-state index contributed by atoms with van der Waals surface area (Å²) in [5.74, 6) is -0.0847. The first-order valence-corrected chi connectivity index (χ1v) is 6.74. The molecule has 1 aromatic carbocycles. The number of hydrogen-bond acceptors (Lipinski definition) is 4. The summed E-state index contributed by atoms with van der Waals surface area (Å²) in [5, 5.41) is 9.44. The molecule has 0 saturated carbocycles. The first-order valence-electron chi connectivity index (χ1n) is 5.86. The highest BCUT2D eigenvalue weighted by molar-refractivity contribution is 8.00. The van der Waals surface area contributed by atoms with E-state index in [0.29, 0.717) is 0 Å². The zero-order chi connectivity index (χ0) is 14.0. The van der Waals surface area contributed by atoms with E-state index in [0.717, 1.165) is 27.2 Å². The van der Waals surface area contributed by atoms with Crippen LogP contribution < -0.4 is 4.74 Å². The van der Waals surface area contributed by atoms with E-state index in [1.165, 1.54) is 11.8 Å². The molecule has 19 heavy (non-hydrogen) atoms. The standard InChI is InChI=1S/C14H15NO3S/c1-8-6-13(19-9(2)14(16)17)11-7-10(18-3)4-5-12(11)15-8/h4-7,9H,1-3H3,(H,16,17)/t9-/m1/s1. The van der Waals surface area contributed by atoms with Gasteiger partial charge in [-0.15, -0.1) is 11.8 Å². The van der Waals surface area contributed by atoms with Gasteiger partial charge in [-0.05, 0) is 38.1 Å². The average molecular weight is 277 g/mol. The SMILES string of the molecule is COc1ccc2nc(C)cc(S[C@H](C)C(=O)O)c2c1. The van der Waals surface area contributed by atoms with E-state index in [9.17, 15) is 4.79 Å². The number of hydrogen-bond donors (Lipinski definition) is 1. The highest BCUT2D eigenvalue weighted by atomic mass is 32.2. The average Bonchev–Trinajstić information content (AvgIpc) is 2.38. The van der Waals surface area contributed by atoms with Crippen molar-refractivity contribution in [2.24, 2.45) is 0 Å². The summed E-state index contributed by atoms with van der Waals surface area (Å²) in [6.07, 6.45) is 0. The number of aromatic nitrogens is 1. The lowest BCUT2D eigenvalue weighted by Crippen LogP contribution is -2.11. The van der Waals surface area contributed by atoms with Gasteiger partial charge in [0, 0.05) is 16.0 Å². The minimum absolute atomic E-state index is 0.504. The number of carboxylic acids is 1. The normalized spacial score (nSPS) is 12.4. The van der Waals surface area contributed by atoms with Crippen LogP contribution in [0.4, 0.5) is 0 Å². The van der Waals surface area contributed by atoms with Gasteiger partial charge in [-0.1, -0.05) is 0 Å². The van der Waals surface area contributed by atoms with Gasteiger partial charge in [-0.25, -0.2) is 0 Å². The quantitative estimate of drug-likeness (QED) is 0.870. The van der Waals surface area contributed by atoms with Crippen LogP contribution in [0.1, 0.15) is 12.6 Å². The number of ether oxygens (including phenoxy) is 1. The van der Waals surface area contributed by atoms with Gasteiger partial charge in [0.2, 0.25) is 0 Å². The Morgan fingerprint density at radius 2 is 2.16 bits per heavy atom. The van der Waals surface area contributed by atoms with E-state index in [1.54, 1.807) is 14.0 Å². The maximum atomic E-state index is 11.0. The lowest BCUT2D eigenvalue weighted by Gasteiger charge is -2.11. The van der Waals surface area contributed by atoms with Gasteiger partial charge >= 0.3 is 5.97 Å². The van der Waals surface area contributed by atoms with Crippen molar-refractivity contribution >= 4 is 28.6 Å². The molecular formula is C14H15NO3S. The summed E-state index contributed by atoms with van der Waals surface area (Å²) in [6.45, 7) is 3.58. The van der Waals surface area contributed by atoms with Crippen molar-refractivity contribution in [3.05, 3.63) is 30.0 Å². The molecule has 1 atom stereocenters. The number of thioether (sulfide) groups is 1. The molecule has 100 valence electrons. The first-order chi connectivity index (χ1) is 9.01.